The van der Waals surface area contributed by atoms with Gasteiger partial charge in [-0.15, -0.1) is 0 Å². The molecule has 30 heavy (non-hydrogen) atoms. The Labute approximate surface area is 175 Å². The average Bonchev–Trinajstić information content (AvgIpc) is 3.10. The van der Waals surface area contributed by atoms with Gasteiger partial charge in [0.15, 0.2) is 5.13 Å². The number of nitrogens with one attached hydrogen (secondary N) is 2. The summed E-state index contributed by atoms with van der Waals surface area (Å²) in [5, 5.41) is 6.07. The summed E-state index contributed by atoms with van der Waals surface area (Å²) in [6.07, 6.45) is 3.43. The zero-order chi connectivity index (χ0) is 21.1. The van der Waals surface area contributed by atoms with E-state index < -0.39 is 0 Å². The molecule has 4 aromatic rings. The van der Waals surface area contributed by atoms with Crippen molar-refractivity contribution in [3.8, 4) is 11.1 Å². The Balaban J connectivity index is 1.51. The number of rotatable bonds is 5. The summed E-state index contributed by atoms with van der Waals surface area (Å²) in [7, 11) is 0. The molecule has 0 aliphatic rings. The molecule has 0 unspecified atom stereocenters. The lowest BCUT2D eigenvalue weighted by molar-refractivity contribution is -0.116. The molecule has 0 fully saturated rings. The number of carbonyl (C=O) groups is 2. The van der Waals surface area contributed by atoms with Crippen molar-refractivity contribution in [2.45, 2.75) is 13.3 Å². The predicted octanol–water partition coefficient (Wildman–Crippen LogP) is 4.64. The monoisotopic (exact) mass is 420 g/mol. The first-order valence-corrected chi connectivity index (χ1v) is 9.96. The van der Waals surface area contributed by atoms with Crippen molar-refractivity contribution in [1.29, 1.82) is 0 Å². The standard InChI is InChI=1S/C22H17FN4O2S/c1-13(28)25-22-27-19-7-4-15(10-20(19)30-22)16-9-18(12-24-11-16)26-21(29)8-14-2-5-17(23)6-3-14/h2-7,9-12H,8H2,1H3,(H,26,29)(H,25,27,28). The maximum Gasteiger partial charge on any atom is 0.228 e. The van der Waals surface area contributed by atoms with Crippen molar-refractivity contribution >= 4 is 44.2 Å². The number of benzene rings is 2. The highest BCUT2D eigenvalue weighted by atomic mass is 32.1. The molecule has 2 aromatic heterocycles. The van der Waals surface area contributed by atoms with Crippen LogP contribution in [0, 0.1) is 5.82 Å². The van der Waals surface area contributed by atoms with Gasteiger partial charge in [-0.25, -0.2) is 9.37 Å². The van der Waals surface area contributed by atoms with Gasteiger partial charge in [-0.05, 0) is 41.5 Å². The van der Waals surface area contributed by atoms with Gasteiger partial charge in [0, 0.05) is 18.7 Å². The van der Waals surface area contributed by atoms with E-state index in [0.717, 1.165) is 26.9 Å². The molecule has 8 heteroatoms. The second-order valence-corrected chi connectivity index (χ2v) is 7.73. The Morgan fingerprint density at radius 1 is 1.00 bits per heavy atom. The average molecular weight is 420 g/mol. The van der Waals surface area contributed by atoms with Gasteiger partial charge in [0.25, 0.3) is 0 Å². The van der Waals surface area contributed by atoms with Crippen LogP contribution in [0.5, 0.6) is 0 Å². The quantitative estimate of drug-likeness (QED) is 0.493. The van der Waals surface area contributed by atoms with Gasteiger partial charge >= 0.3 is 0 Å². The largest absolute Gasteiger partial charge is 0.324 e. The number of pyridine rings is 1. The lowest BCUT2D eigenvalue weighted by atomic mass is 10.1. The maximum atomic E-state index is 13.0. The topological polar surface area (TPSA) is 84.0 Å². The highest BCUT2D eigenvalue weighted by Gasteiger charge is 2.09. The van der Waals surface area contributed by atoms with Crippen LogP contribution in [-0.4, -0.2) is 21.8 Å². The van der Waals surface area contributed by atoms with E-state index in [1.54, 1.807) is 24.5 Å². The second kappa shape index (κ2) is 8.38. The van der Waals surface area contributed by atoms with Crippen LogP contribution in [0.1, 0.15) is 12.5 Å². The lowest BCUT2D eigenvalue weighted by Crippen LogP contribution is -2.14. The number of thiazole rings is 1. The minimum Gasteiger partial charge on any atom is -0.324 e. The summed E-state index contributed by atoms with van der Waals surface area (Å²) in [6, 6.07) is 13.4. The molecule has 0 saturated carbocycles. The summed E-state index contributed by atoms with van der Waals surface area (Å²) < 4.78 is 13.9. The van der Waals surface area contributed by atoms with Gasteiger partial charge in [0.2, 0.25) is 11.8 Å². The van der Waals surface area contributed by atoms with Crippen molar-refractivity contribution in [2.24, 2.45) is 0 Å². The molecular weight excluding hydrogens is 403 g/mol. The van der Waals surface area contributed by atoms with Crippen LogP contribution >= 0.6 is 11.3 Å². The fourth-order valence-electron chi connectivity index (χ4n) is 2.97. The molecule has 2 amide bonds. The van der Waals surface area contributed by atoms with Crippen molar-refractivity contribution in [3.63, 3.8) is 0 Å². The number of fused-ring (bicyclic) bond motifs is 1. The van der Waals surface area contributed by atoms with E-state index in [4.69, 9.17) is 0 Å². The molecule has 4 rings (SSSR count). The molecular formula is C22H17FN4O2S. The molecule has 0 spiro atoms. The number of nitrogens with zero attached hydrogens (tertiary/aromatic N) is 2. The molecule has 6 nitrogen and oxygen atoms in total. The molecule has 0 aliphatic carbocycles. The molecule has 2 aromatic carbocycles. The van der Waals surface area contributed by atoms with Crippen LogP contribution < -0.4 is 10.6 Å². The van der Waals surface area contributed by atoms with Crippen LogP contribution in [0.2, 0.25) is 0 Å². The number of hydrogen-bond acceptors (Lipinski definition) is 5. The predicted molar refractivity (Wildman–Crippen MR) is 116 cm³/mol. The maximum absolute atomic E-state index is 13.0. The second-order valence-electron chi connectivity index (χ2n) is 6.70. The summed E-state index contributed by atoms with van der Waals surface area (Å²) in [5.74, 6) is -0.709. The van der Waals surface area contributed by atoms with Crippen LogP contribution in [0.15, 0.2) is 60.9 Å². The third-order valence-electron chi connectivity index (χ3n) is 4.30. The van der Waals surface area contributed by atoms with Gasteiger partial charge < -0.3 is 10.6 Å². The molecule has 2 heterocycles. The van der Waals surface area contributed by atoms with E-state index in [1.807, 2.05) is 24.3 Å². The Hall–Kier alpha value is -3.65. The number of hydrogen-bond donors (Lipinski definition) is 2. The Bertz CT molecular complexity index is 1240. The van der Waals surface area contributed by atoms with E-state index >= 15 is 0 Å². The van der Waals surface area contributed by atoms with Gasteiger partial charge in [-0.3, -0.25) is 14.6 Å². The minimum atomic E-state index is -0.335. The molecule has 0 aliphatic heterocycles. The van der Waals surface area contributed by atoms with Crippen LogP contribution in [0.3, 0.4) is 0 Å². The molecule has 0 saturated heterocycles. The first-order chi connectivity index (χ1) is 14.5. The number of aromatic nitrogens is 2. The zero-order valence-corrected chi connectivity index (χ0v) is 16.8. The van der Waals surface area contributed by atoms with Crippen molar-refractivity contribution in [2.75, 3.05) is 10.6 Å². The van der Waals surface area contributed by atoms with Gasteiger partial charge in [0.05, 0.1) is 28.5 Å². The third-order valence-corrected chi connectivity index (χ3v) is 5.24. The van der Waals surface area contributed by atoms with E-state index in [2.05, 4.69) is 20.6 Å². The lowest BCUT2D eigenvalue weighted by Gasteiger charge is -2.07. The van der Waals surface area contributed by atoms with E-state index in [-0.39, 0.29) is 24.1 Å². The first kappa shape index (κ1) is 19.7. The van der Waals surface area contributed by atoms with Crippen LogP contribution in [0.25, 0.3) is 21.3 Å². The number of halogens is 1. The first-order valence-electron chi connectivity index (χ1n) is 9.14. The molecule has 0 atom stereocenters. The minimum absolute atomic E-state index is 0.142. The Kier molecular flexibility index (Phi) is 5.49. The van der Waals surface area contributed by atoms with E-state index in [9.17, 15) is 14.0 Å². The van der Waals surface area contributed by atoms with Gasteiger partial charge in [-0.2, -0.15) is 0 Å². The fraction of sp³-hybridized carbons (Fsp3) is 0.0909. The highest BCUT2D eigenvalue weighted by molar-refractivity contribution is 7.22. The highest BCUT2D eigenvalue weighted by Crippen LogP contribution is 2.31. The SMILES string of the molecule is CC(=O)Nc1nc2ccc(-c3cncc(NC(=O)Cc4ccc(F)cc4)c3)cc2s1. The van der Waals surface area contributed by atoms with E-state index in [0.29, 0.717) is 10.8 Å². The molecule has 0 bridgehead atoms. The summed E-state index contributed by atoms with van der Waals surface area (Å²) >= 11 is 1.39. The Morgan fingerprint density at radius 2 is 1.80 bits per heavy atom. The number of anilines is 2. The normalized spacial score (nSPS) is 10.7. The van der Waals surface area contributed by atoms with Gasteiger partial charge in [0.1, 0.15) is 5.82 Å². The molecule has 150 valence electrons. The smallest absolute Gasteiger partial charge is 0.228 e. The fourth-order valence-corrected chi connectivity index (χ4v) is 3.92. The van der Waals surface area contributed by atoms with Crippen molar-refractivity contribution in [1.82, 2.24) is 9.97 Å². The van der Waals surface area contributed by atoms with Crippen LogP contribution in [-0.2, 0) is 16.0 Å². The zero-order valence-electron chi connectivity index (χ0n) is 16.0. The van der Waals surface area contributed by atoms with E-state index in [1.165, 1.54) is 30.4 Å². The molecule has 2 N–H and O–H groups in total. The van der Waals surface area contributed by atoms with Crippen LogP contribution in [0.4, 0.5) is 15.2 Å². The van der Waals surface area contributed by atoms with Crippen molar-refractivity contribution < 1.29 is 14.0 Å². The van der Waals surface area contributed by atoms with Crippen molar-refractivity contribution in [3.05, 3.63) is 72.3 Å². The van der Waals surface area contributed by atoms with Gasteiger partial charge in [-0.1, -0.05) is 29.5 Å². The third kappa shape index (κ3) is 4.66. The number of amides is 2. The summed E-state index contributed by atoms with van der Waals surface area (Å²) in [4.78, 5) is 32.1. The Morgan fingerprint density at radius 3 is 2.57 bits per heavy atom. The summed E-state index contributed by atoms with van der Waals surface area (Å²) in [5.41, 5.74) is 3.85. The molecule has 0 radical (unpaired) electrons. The number of carbonyl (C=O) groups excluding carboxylic acids is 2. The summed E-state index contributed by atoms with van der Waals surface area (Å²) in [6.45, 7) is 1.44.